The highest BCUT2D eigenvalue weighted by molar-refractivity contribution is 7.89. The van der Waals surface area contributed by atoms with Gasteiger partial charge in [0.15, 0.2) is 8.32 Å². The molecule has 0 aliphatic heterocycles. The first-order valence-electron chi connectivity index (χ1n) is 6.71. The summed E-state index contributed by atoms with van der Waals surface area (Å²) in [6.45, 7) is 5.80. The van der Waals surface area contributed by atoms with Crippen molar-refractivity contribution in [2.45, 2.75) is 30.6 Å². The Morgan fingerprint density at radius 1 is 1.13 bits per heavy atom. The molecular formula is C14H17F2NO3S2Si. The van der Waals surface area contributed by atoms with E-state index in [9.17, 15) is 17.2 Å². The maximum absolute atomic E-state index is 13.5. The van der Waals surface area contributed by atoms with Gasteiger partial charge in [0.05, 0.1) is 4.90 Å². The van der Waals surface area contributed by atoms with Crippen LogP contribution in [0.5, 0.6) is 0 Å². The van der Waals surface area contributed by atoms with E-state index in [1.807, 2.05) is 19.6 Å². The van der Waals surface area contributed by atoms with E-state index in [-0.39, 0.29) is 4.90 Å². The lowest BCUT2D eigenvalue weighted by molar-refractivity contribution is 0.242. The molecule has 2 rings (SSSR count). The van der Waals surface area contributed by atoms with Crippen molar-refractivity contribution in [2.24, 2.45) is 5.14 Å². The third-order valence-electron chi connectivity index (χ3n) is 2.84. The summed E-state index contributed by atoms with van der Waals surface area (Å²) >= 11 is 1.12. The second-order valence-electron chi connectivity index (χ2n) is 6.04. The number of thiophene rings is 1. The van der Waals surface area contributed by atoms with Gasteiger partial charge in [-0.05, 0) is 43.4 Å². The number of sulfonamides is 1. The van der Waals surface area contributed by atoms with Crippen LogP contribution in [0.1, 0.15) is 16.5 Å². The van der Waals surface area contributed by atoms with E-state index in [1.54, 1.807) is 0 Å². The highest BCUT2D eigenvalue weighted by atomic mass is 32.2. The van der Waals surface area contributed by atoms with Crippen molar-refractivity contribution in [3.05, 3.63) is 51.7 Å². The summed E-state index contributed by atoms with van der Waals surface area (Å²) in [5, 5.41) is 6.50. The molecule has 0 saturated carbocycles. The molecule has 126 valence electrons. The maximum Gasteiger partial charge on any atom is 0.238 e. The zero-order valence-corrected chi connectivity index (χ0v) is 15.5. The van der Waals surface area contributed by atoms with Crippen molar-refractivity contribution in [2.75, 3.05) is 0 Å². The Kier molecular flexibility index (Phi) is 5.07. The third kappa shape index (κ3) is 4.92. The van der Waals surface area contributed by atoms with E-state index in [2.05, 4.69) is 0 Å². The highest BCUT2D eigenvalue weighted by Crippen LogP contribution is 2.35. The smallest absolute Gasteiger partial charge is 0.238 e. The Labute approximate surface area is 139 Å². The van der Waals surface area contributed by atoms with Crippen LogP contribution >= 0.6 is 11.3 Å². The van der Waals surface area contributed by atoms with Gasteiger partial charge in [0, 0.05) is 16.3 Å². The van der Waals surface area contributed by atoms with Gasteiger partial charge < -0.3 is 4.43 Å². The van der Waals surface area contributed by atoms with E-state index < -0.39 is 36.1 Å². The van der Waals surface area contributed by atoms with Gasteiger partial charge >= 0.3 is 0 Å². The molecule has 1 unspecified atom stereocenters. The lowest BCUT2D eigenvalue weighted by Gasteiger charge is -2.26. The Morgan fingerprint density at radius 2 is 1.70 bits per heavy atom. The fourth-order valence-corrected chi connectivity index (χ4v) is 4.92. The van der Waals surface area contributed by atoms with Crippen LogP contribution in [0.15, 0.2) is 34.5 Å². The van der Waals surface area contributed by atoms with Crippen molar-refractivity contribution in [3.8, 4) is 0 Å². The number of nitrogens with two attached hydrogens (primary N) is 1. The number of primary sulfonamides is 1. The van der Waals surface area contributed by atoms with E-state index in [4.69, 9.17) is 9.56 Å². The van der Waals surface area contributed by atoms with Gasteiger partial charge in [0.2, 0.25) is 10.0 Å². The van der Waals surface area contributed by atoms with Gasteiger partial charge in [-0.3, -0.25) is 0 Å². The average molecular weight is 378 g/mol. The van der Waals surface area contributed by atoms with E-state index in [0.29, 0.717) is 10.4 Å². The third-order valence-corrected chi connectivity index (χ3v) is 5.80. The summed E-state index contributed by atoms with van der Waals surface area (Å²) in [5.41, 5.74) is 0.299. The van der Waals surface area contributed by atoms with Crippen molar-refractivity contribution in [1.82, 2.24) is 0 Å². The molecule has 2 N–H and O–H groups in total. The summed E-state index contributed by atoms with van der Waals surface area (Å²) in [7, 11) is -5.92. The summed E-state index contributed by atoms with van der Waals surface area (Å²) in [6.07, 6.45) is -0.743. The molecule has 2 aromatic rings. The zero-order chi connectivity index (χ0) is 17.4. The van der Waals surface area contributed by atoms with Crippen LogP contribution in [-0.2, 0) is 14.4 Å². The van der Waals surface area contributed by atoms with E-state index in [1.165, 1.54) is 23.6 Å². The van der Waals surface area contributed by atoms with Crippen LogP contribution in [-0.4, -0.2) is 16.7 Å². The van der Waals surface area contributed by atoms with Crippen molar-refractivity contribution >= 4 is 29.7 Å². The van der Waals surface area contributed by atoms with Crippen LogP contribution in [0.25, 0.3) is 0 Å². The fourth-order valence-electron chi connectivity index (χ4n) is 1.99. The minimum Gasteiger partial charge on any atom is -0.406 e. The first-order valence-corrected chi connectivity index (χ1v) is 12.5. The van der Waals surface area contributed by atoms with Crippen LogP contribution in [0.3, 0.4) is 0 Å². The summed E-state index contributed by atoms with van der Waals surface area (Å²) < 4.78 is 56.0. The Balaban J connectivity index is 2.52. The fraction of sp³-hybridized carbons (Fsp3) is 0.286. The Morgan fingerprint density at radius 3 is 2.13 bits per heavy atom. The first kappa shape index (κ1) is 18.2. The lowest BCUT2D eigenvalue weighted by Crippen LogP contribution is -2.28. The van der Waals surface area contributed by atoms with Crippen LogP contribution in [0.2, 0.25) is 19.6 Å². The zero-order valence-electron chi connectivity index (χ0n) is 12.8. The minimum atomic E-state index is -3.84. The molecule has 1 aromatic heterocycles. The largest absolute Gasteiger partial charge is 0.406 e. The minimum absolute atomic E-state index is 0.0430. The number of hydrogen-bond acceptors (Lipinski definition) is 4. The SMILES string of the molecule is C[Si](C)(C)OC(c1cc(F)cc(F)c1)c1cc(S(N)(=O)=O)cs1. The molecule has 0 amide bonds. The van der Waals surface area contributed by atoms with Gasteiger partial charge in [-0.25, -0.2) is 22.3 Å². The van der Waals surface area contributed by atoms with Crippen LogP contribution in [0.4, 0.5) is 8.78 Å². The summed E-state index contributed by atoms with van der Waals surface area (Å²) in [5.74, 6) is -1.43. The van der Waals surface area contributed by atoms with Gasteiger partial charge in [0.25, 0.3) is 0 Å². The van der Waals surface area contributed by atoms with Gasteiger partial charge in [-0.1, -0.05) is 0 Å². The molecule has 0 aliphatic carbocycles. The molecule has 0 radical (unpaired) electrons. The lowest BCUT2D eigenvalue weighted by atomic mass is 10.1. The number of rotatable bonds is 5. The molecule has 0 bridgehead atoms. The number of hydrogen-bond donors (Lipinski definition) is 1. The number of halogens is 2. The van der Waals surface area contributed by atoms with Gasteiger partial charge in [-0.15, -0.1) is 11.3 Å². The normalized spacial score (nSPS) is 14.0. The average Bonchev–Trinajstić information content (AvgIpc) is 2.82. The molecule has 1 heterocycles. The van der Waals surface area contributed by atoms with E-state index in [0.717, 1.165) is 17.4 Å². The van der Waals surface area contributed by atoms with Crippen LogP contribution < -0.4 is 5.14 Å². The highest BCUT2D eigenvalue weighted by Gasteiger charge is 2.27. The molecule has 9 heteroatoms. The molecule has 1 aromatic carbocycles. The number of benzene rings is 1. The van der Waals surface area contributed by atoms with Gasteiger partial charge in [-0.2, -0.15) is 0 Å². The Bertz CT molecular complexity index is 795. The first-order chi connectivity index (χ1) is 10.5. The molecule has 4 nitrogen and oxygen atoms in total. The second-order valence-corrected chi connectivity index (χ2v) is 13.0. The monoisotopic (exact) mass is 377 g/mol. The Hall–Kier alpha value is -1.13. The van der Waals surface area contributed by atoms with Crippen LogP contribution in [0, 0.1) is 11.6 Å². The maximum atomic E-state index is 13.5. The van der Waals surface area contributed by atoms with Gasteiger partial charge in [0.1, 0.15) is 17.7 Å². The molecule has 23 heavy (non-hydrogen) atoms. The van der Waals surface area contributed by atoms with E-state index >= 15 is 0 Å². The molecule has 0 spiro atoms. The summed E-state index contributed by atoms with van der Waals surface area (Å²) in [4.78, 5) is 0.486. The quantitative estimate of drug-likeness (QED) is 0.809. The second kappa shape index (κ2) is 6.40. The van der Waals surface area contributed by atoms with Crippen molar-refractivity contribution < 1.29 is 21.6 Å². The molecule has 0 saturated heterocycles. The molecular weight excluding hydrogens is 360 g/mol. The van der Waals surface area contributed by atoms with Crippen molar-refractivity contribution in [3.63, 3.8) is 0 Å². The van der Waals surface area contributed by atoms with Crippen molar-refractivity contribution in [1.29, 1.82) is 0 Å². The standard InChI is InChI=1S/C14H17F2NO3S2Si/c1-23(2,3)20-14(9-4-10(15)6-11(16)5-9)13-7-12(8-21-13)22(17,18)19/h4-8,14H,1-3H3,(H2,17,18,19). The summed E-state index contributed by atoms with van der Waals surface area (Å²) in [6, 6.07) is 4.53. The molecule has 0 aliphatic rings. The molecule has 0 fully saturated rings. The predicted molar refractivity (Wildman–Crippen MR) is 88.3 cm³/mol. The topological polar surface area (TPSA) is 69.4 Å². The molecule has 1 atom stereocenters. The predicted octanol–water partition coefficient (Wildman–Crippen LogP) is 3.61.